The van der Waals surface area contributed by atoms with Gasteiger partial charge in [-0.25, -0.2) is 14.4 Å². The number of thioether (sulfide) groups is 1. The molecular formula is C15H15FN2O2S. The maximum Gasteiger partial charge on any atom is 0.304 e. The van der Waals surface area contributed by atoms with Crippen molar-refractivity contribution >= 4 is 28.6 Å². The van der Waals surface area contributed by atoms with Crippen LogP contribution in [0.5, 0.6) is 0 Å². The summed E-state index contributed by atoms with van der Waals surface area (Å²) in [6, 6.07) is 4.48. The number of carboxylic acids is 1. The number of aliphatic carboxylic acids is 1. The standard InChI is InChI=1S/C15H15FN2O2S/c16-10-4-5-12-11(8-10)15(21-7-6-13(19)20)18-14(17-12)9-2-1-3-9/h4-5,8-9H,1-3,6-7H2,(H,19,20). The highest BCUT2D eigenvalue weighted by molar-refractivity contribution is 7.99. The van der Waals surface area contributed by atoms with Crippen molar-refractivity contribution in [1.29, 1.82) is 0 Å². The van der Waals surface area contributed by atoms with Gasteiger partial charge in [-0.3, -0.25) is 4.79 Å². The van der Waals surface area contributed by atoms with Crippen LogP contribution in [0, 0.1) is 5.82 Å². The monoisotopic (exact) mass is 306 g/mol. The van der Waals surface area contributed by atoms with Gasteiger partial charge in [0.25, 0.3) is 0 Å². The molecule has 0 spiro atoms. The molecule has 21 heavy (non-hydrogen) atoms. The molecule has 0 atom stereocenters. The molecule has 0 radical (unpaired) electrons. The minimum Gasteiger partial charge on any atom is -0.481 e. The van der Waals surface area contributed by atoms with Gasteiger partial charge in [0.15, 0.2) is 0 Å². The topological polar surface area (TPSA) is 63.1 Å². The van der Waals surface area contributed by atoms with E-state index in [4.69, 9.17) is 5.11 Å². The van der Waals surface area contributed by atoms with Crippen LogP contribution in [0.2, 0.25) is 0 Å². The summed E-state index contributed by atoms with van der Waals surface area (Å²) in [6.07, 6.45) is 3.43. The largest absolute Gasteiger partial charge is 0.481 e. The number of carbonyl (C=O) groups is 1. The number of rotatable bonds is 5. The van der Waals surface area contributed by atoms with Crippen molar-refractivity contribution < 1.29 is 14.3 Å². The SMILES string of the molecule is O=C(O)CCSc1nc(C2CCC2)nc2ccc(F)cc12. The van der Waals surface area contributed by atoms with Crippen LogP contribution in [0.15, 0.2) is 23.2 Å². The predicted molar refractivity (Wildman–Crippen MR) is 79.1 cm³/mol. The molecule has 1 N–H and O–H groups in total. The molecule has 110 valence electrons. The highest BCUT2D eigenvalue weighted by Crippen LogP contribution is 2.36. The van der Waals surface area contributed by atoms with E-state index < -0.39 is 5.97 Å². The number of hydrogen-bond acceptors (Lipinski definition) is 4. The lowest BCUT2D eigenvalue weighted by Gasteiger charge is -2.24. The summed E-state index contributed by atoms with van der Waals surface area (Å²) in [5, 5.41) is 10.1. The lowest BCUT2D eigenvalue weighted by atomic mass is 9.85. The quantitative estimate of drug-likeness (QED) is 0.675. The molecule has 6 heteroatoms. The van der Waals surface area contributed by atoms with Gasteiger partial charge in [-0.2, -0.15) is 0 Å². The fourth-order valence-electron chi connectivity index (χ4n) is 2.28. The molecule has 1 aromatic heterocycles. The van der Waals surface area contributed by atoms with Crippen molar-refractivity contribution in [2.75, 3.05) is 5.75 Å². The zero-order valence-electron chi connectivity index (χ0n) is 11.4. The fourth-order valence-corrected chi connectivity index (χ4v) is 3.23. The molecule has 1 fully saturated rings. The first-order valence-electron chi connectivity index (χ1n) is 6.95. The summed E-state index contributed by atoms with van der Waals surface area (Å²) in [6.45, 7) is 0. The van der Waals surface area contributed by atoms with Crippen molar-refractivity contribution in [3.63, 3.8) is 0 Å². The van der Waals surface area contributed by atoms with Gasteiger partial charge < -0.3 is 5.11 Å². The third-order valence-corrected chi connectivity index (χ3v) is 4.66. The van der Waals surface area contributed by atoms with Gasteiger partial charge in [-0.1, -0.05) is 6.42 Å². The number of halogens is 1. The summed E-state index contributed by atoms with van der Waals surface area (Å²) in [5.74, 6) is 0.438. The molecule has 3 rings (SSSR count). The molecule has 0 bridgehead atoms. The molecule has 0 amide bonds. The minimum atomic E-state index is -0.841. The Labute approximate surface area is 125 Å². The second-order valence-corrected chi connectivity index (χ2v) is 6.25. The maximum absolute atomic E-state index is 13.4. The highest BCUT2D eigenvalue weighted by atomic mass is 32.2. The molecule has 1 saturated carbocycles. The Morgan fingerprint density at radius 2 is 2.19 bits per heavy atom. The lowest BCUT2D eigenvalue weighted by Crippen LogP contribution is -2.13. The lowest BCUT2D eigenvalue weighted by molar-refractivity contribution is -0.136. The van der Waals surface area contributed by atoms with Gasteiger partial charge in [-0.15, -0.1) is 11.8 Å². The van der Waals surface area contributed by atoms with Crippen molar-refractivity contribution in [2.45, 2.75) is 36.6 Å². The van der Waals surface area contributed by atoms with E-state index in [2.05, 4.69) is 9.97 Å². The first-order valence-corrected chi connectivity index (χ1v) is 7.94. The maximum atomic E-state index is 13.4. The van der Waals surface area contributed by atoms with Crippen LogP contribution in [0.1, 0.15) is 37.4 Å². The Morgan fingerprint density at radius 3 is 2.86 bits per heavy atom. The Hall–Kier alpha value is -1.69. The van der Waals surface area contributed by atoms with Gasteiger partial charge in [-0.05, 0) is 31.0 Å². The summed E-state index contributed by atoms with van der Waals surface area (Å²) < 4.78 is 13.4. The van der Waals surface area contributed by atoms with Crippen LogP contribution in [-0.2, 0) is 4.79 Å². The van der Waals surface area contributed by atoms with E-state index in [-0.39, 0.29) is 12.2 Å². The number of carboxylic acid groups (broad SMARTS) is 1. The van der Waals surface area contributed by atoms with Gasteiger partial charge in [0.2, 0.25) is 0 Å². The third kappa shape index (κ3) is 3.15. The van der Waals surface area contributed by atoms with Crippen molar-refractivity contribution in [3.8, 4) is 0 Å². The second kappa shape index (κ2) is 5.97. The first-order chi connectivity index (χ1) is 10.1. The van der Waals surface area contributed by atoms with Crippen LogP contribution in [-0.4, -0.2) is 26.8 Å². The summed E-state index contributed by atoms with van der Waals surface area (Å²) in [4.78, 5) is 19.7. The predicted octanol–water partition coefficient (Wildman–Crippen LogP) is 3.60. The Balaban J connectivity index is 1.96. The van der Waals surface area contributed by atoms with Crippen LogP contribution >= 0.6 is 11.8 Å². The molecule has 0 unspecified atom stereocenters. The number of fused-ring (bicyclic) bond motifs is 1. The number of hydrogen-bond donors (Lipinski definition) is 1. The molecule has 0 saturated heterocycles. The Kier molecular flexibility index (Phi) is 4.05. The van der Waals surface area contributed by atoms with E-state index >= 15 is 0 Å². The molecule has 1 heterocycles. The van der Waals surface area contributed by atoms with Crippen molar-refractivity contribution in [2.24, 2.45) is 0 Å². The van der Waals surface area contributed by atoms with E-state index in [0.29, 0.717) is 22.1 Å². The van der Waals surface area contributed by atoms with E-state index in [1.54, 1.807) is 6.07 Å². The zero-order valence-corrected chi connectivity index (χ0v) is 12.2. The number of benzene rings is 1. The summed E-state index contributed by atoms with van der Waals surface area (Å²) >= 11 is 1.35. The van der Waals surface area contributed by atoms with Gasteiger partial charge in [0, 0.05) is 17.1 Å². The van der Waals surface area contributed by atoms with E-state index in [1.807, 2.05) is 0 Å². The van der Waals surface area contributed by atoms with Crippen molar-refractivity contribution in [3.05, 3.63) is 29.8 Å². The van der Waals surface area contributed by atoms with Gasteiger partial charge in [0.05, 0.1) is 11.9 Å². The van der Waals surface area contributed by atoms with Crippen molar-refractivity contribution in [1.82, 2.24) is 9.97 Å². The molecule has 1 aliphatic carbocycles. The third-order valence-electron chi connectivity index (χ3n) is 3.67. The van der Waals surface area contributed by atoms with Crippen LogP contribution in [0.25, 0.3) is 10.9 Å². The molecular weight excluding hydrogens is 291 g/mol. The average molecular weight is 306 g/mol. The summed E-state index contributed by atoms with van der Waals surface area (Å²) in [7, 11) is 0. The van der Waals surface area contributed by atoms with E-state index in [0.717, 1.165) is 24.2 Å². The molecule has 4 nitrogen and oxygen atoms in total. The Bertz CT molecular complexity index is 689. The zero-order chi connectivity index (χ0) is 14.8. The molecule has 2 aromatic rings. The fraction of sp³-hybridized carbons (Fsp3) is 0.400. The van der Waals surface area contributed by atoms with Crippen LogP contribution in [0.4, 0.5) is 4.39 Å². The summed E-state index contributed by atoms with van der Waals surface area (Å²) in [5.41, 5.74) is 0.728. The Morgan fingerprint density at radius 1 is 1.38 bits per heavy atom. The van der Waals surface area contributed by atoms with E-state index in [1.165, 1.54) is 30.3 Å². The highest BCUT2D eigenvalue weighted by Gasteiger charge is 2.23. The van der Waals surface area contributed by atoms with E-state index in [9.17, 15) is 9.18 Å². The minimum absolute atomic E-state index is 0.0598. The number of aromatic nitrogens is 2. The molecule has 1 aliphatic rings. The second-order valence-electron chi connectivity index (χ2n) is 5.17. The average Bonchev–Trinajstić information content (AvgIpc) is 2.37. The normalized spacial score (nSPS) is 15.1. The van der Waals surface area contributed by atoms with Crippen LogP contribution < -0.4 is 0 Å². The number of nitrogens with zero attached hydrogens (tertiary/aromatic N) is 2. The van der Waals surface area contributed by atoms with Gasteiger partial charge >= 0.3 is 5.97 Å². The molecule has 1 aromatic carbocycles. The smallest absolute Gasteiger partial charge is 0.304 e. The molecule has 0 aliphatic heterocycles. The van der Waals surface area contributed by atoms with Gasteiger partial charge in [0.1, 0.15) is 16.7 Å². The van der Waals surface area contributed by atoms with Crippen LogP contribution in [0.3, 0.4) is 0 Å². The first kappa shape index (κ1) is 14.3.